The molecule has 1 N–H and O–H groups in total. The number of aromatic hydroxyl groups is 1. The van der Waals surface area contributed by atoms with Crippen LogP contribution in [0.25, 0.3) is 11.9 Å². The van der Waals surface area contributed by atoms with Gasteiger partial charge < -0.3 is 9.84 Å². The molecule has 2 aromatic rings. The van der Waals surface area contributed by atoms with Crippen LogP contribution in [0.5, 0.6) is 5.88 Å². The smallest absolute Gasteiger partial charge is 0.254 e. The summed E-state index contributed by atoms with van der Waals surface area (Å²) in [6.45, 7) is 0. The van der Waals surface area contributed by atoms with E-state index in [4.69, 9.17) is 4.74 Å². The van der Waals surface area contributed by atoms with E-state index < -0.39 is 0 Å². The number of ether oxygens (including phenoxy) is 1. The van der Waals surface area contributed by atoms with Crippen molar-refractivity contribution < 1.29 is 14.6 Å². The first kappa shape index (κ1) is 13.7. The zero-order chi connectivity index (χ0) is 16.0. The first-order valence-electron chi connectivity index (χ1n) is 7.33. The third kappa shape index (κ3) is 2.21. The molecule has 2 aliphatic carbocycles. The molecular formula is C16H14N4O3. The summed E-state index contributed by atoms with van der Waals surface area (Å²) < 4.78 is 6.58. The van der Waals surface area contributed by atoms with Gasteiger partial charge in [0.2, 0.25) is 11.7 Å². The van der Waals surface area contributed by atoms with E-state index in [0.29, 0.717) is 17.0 Å². The maximum Gasteiger partial charge on any atom is 0.254 e. The minimum atomic E-state index is -0.190. The largest absolute Gasteiger partial charge is 0.493 e. The summed E-state index contributed by atoms with van der Waals surface area (Å²) in [5.41, 5.74) is 3.03. The van der Waals surface area contributed by atoms with Gasteiger partial charge in [0.15, 0.2) is 5.76 Å². The molecule has 23 heavy (non-hydrogen) atoms. The van der Waals surface area contributed by atoms with Crippen LogP contribution >= 0.6 is 0 Å². The van der Waals surface area contributed by atoms with E-state index in [-0.39, 0.29) is 17.4 Å². The summed E-state index contributed by atoms with van der Waals surface area (Å²) in [6, 6.07) is 0. The van der Waals surface area contributed by atoms with Gasteiger partial charge in [0, 0.05) is 0 Å². The third-order valence-electron chi connectivity index (χ3n) is 3.96. The van der Waals surface area contributed by atoms with Crippen LogP contribution in [0.4, 0.5) is 0 Å². The van der Waals surface area contributed by atoms with Crippen molar-refractivity contribution >= 4 is 17.6 Å². The number of aryl methyl sites for hydroxylation is 2. The Balaban J connectivity index is 1.85. The van der Waals surface area contributed by atoms with Crippen molar-refractivity contribution in [2.75, 3.05) is 7.11 Å². The fourth-order valence-electron chi connectivity index (χ4n) is 2.81. The number of rotatable bonds is 2. The van der Waals surface area contributed by atoms with Gasteiger partial charge in [0.05, 0.1) is 18.5 Å². The van der Waals surface area contributed by atoms with Crippen LogP contribution in [0.1, 0.15) is 23.5 Å². The molecule has 0 spiro atoms. The van der Waals surface area contributed by atoms with Gasteiger partial charge in [-0.15, -0.1) is 0 Å². The van der Waals surface area contributed by atoms with Crippen LogP contribution in [-0.4, -0.2) is 37.6 Å². The predicted octanol–water partition coefficient (Wildman–Crippen LogP) is 1.37. The topological polar surface area (TPSA) is 89.6 Å². The summed E-state index contributed by atoms with van der Waals surface area (Å²) in [5, 5.41) is 14.7. The number of hydrogen-bond acceptors (Lipinski definition) is 6. The number of allylic oxidation sites excluding steroid dienone is 4. The molecular weight excluding hydrogens is 296 g/mol. The number of hydrogen-bond donors (Lipinski definition) is 1. The summed E-state index contributed by atoms with van der Waals surface area (Å²) in [4.78, 5) is 20.1. The van der Waals surface area contributed by atoms with Gasteiger partial charge in [0.25, 0.3) is 5.78 Å². The first-order valence-corrected chi connectivity index (χ1v) is 7.33. The number of imidazole rings is 1. The van der Waals surface area contributed by atoms with Crippen molar-refractivity contribution in [3.8, 4) is 5.88 Å². The summed E-state index contributed by atoms with van der Waals surface area (Å²) >= 11 is 0. The number of carbonyl (C=O) groups is 1. The maximum absolute atomic E-state index is 11.6. The fraction of sp³-hybridized carbons (Fsp3) is 0.250. The second kappa shape index (κ2) is 5.05. The Hall–Kier alpha value is -2.96. The zero-order valence-corrected chi connectivity index (χ0v) is 12.5. The lowest BCUT2D eigenvalue weighted by Gasteiger charge is -2.07. The van der Waals surface area contributed by atoms with Crippen molar-refractivity contribution in [1.29, 1.82) is 0 Å². The molecule has 0 saturated carbocycles. The van der Waals surface area contributed by atoms with E-state index in [1.54, 1.807) is 18.2 Å². The molecule has 0 bridgehead atoms. The Morgan fingerprint density at radius 1 is 1.26 bits per heavy atom. The maximum atomic E-state index is 11.6. The SMILES string of the molecule is COC1=C/C(=C/c2c(O)nc3nc4c(nn23)CCC4)C=CC1=O. The van der Waals surface area contributed by atoms with Crippen molar-refractivity contribution in [2.24, 2.45) is 0 Å². The second-order valence-corrected chi connectivity index (χ2v) is 5.45. The highest BCUT2D eigenvalue weighted by Crippen LogP contribution is 2.25. The zero-order valence-electron chi connectivity index (χ0n) is 12.5. The minimum Gasteiger partial charge on any atom is -0.493 e. The van der Waals surface area contributed by atoms with Crippen LogP contribution in [0.2, 0.25) is 0 Å². The molecule has 0 radical (unpaired) electrons. The van der Waals surface area contributed by atoms with Gasteiger partial charge in [-0.2, -0.15) is 14.6 Å². The molecule has 0 amide bonds. The molecule has 0 atom stereocenters. The number of methoxy groups -OCH3 is 1. The molecule has 116 valence electrons. The normalized spacial score (nSPS) is 18.6. The third-order valence-corrected chi connectivity index (χ3v) is 3.96. The number of aromatic nitrogens is 4. The van der Waals surface area contributed by atoms with Crippen molar-refractivity contribution in [3.63, 3.8) is 0 Å². The van der Waals surface area contributed by atoms with Gasteiger partial charge in [-0.25, -0.2) is 4.98 Å². The van der Waals surface area contributed by atoms with E-state index in [2.05, 4.69) is 15.1 Å². The van der Waals surface area contributed by atoms with E-state index in [1.807, 2.05) is 0 Å². The summed E-state index contributed by atoms with van der Waals surface area (Å²) in [6.07, 6.45) is 9.22. The molecule has 0 saturated heterocycles. The van der Waals surface area contributed by atoms with Crippen LogP contribution in [0.15, 0.2) is 29.6 Å². The summed E-state index contributed by atoms with van der Waals surface area (Å²) in [5.74, 6) is 0.296. The monoisotopic (exact) mass is 310 g/mol. The van der Waals surface area contributed by atoms with Crippen LogP contribution in [0, 0.1) is 0 Å². The van der Waals surface area contributed by atoms with Gasteiger partial charge >= 0.3 is 0 Å². The van der Waals surface area contributed by atoms with Crippen LogP contribution in [0.3, 0.4) is 0 Å². The van der Waals surface area contributed by atoms with E-state index in [9.17, 15) is 9.90 Å². The van der Waals surface area contributed by atoms with E-state index in [0.717, 1.165) is 30.7 Å². The van der Waals surface area contributed by atoms with Crippen LogP contribution in [-0.2, 0) is 22.4 Å². The standard InChI is InChI=1S/C16H14N4O3/c1-23-14-8-9(5-6-13(14)21)7-12-15(22)18-16-17-10-3-2-4-11(10)19-20(12)16/h5-8,22H,2-4H2,1H3/b9-7+. The first-order chi connectivity index (χ1) is 11.2. The summed E-state index contributed by atoms with van der Waals surface area (Å²) in [7, 11) is 1.45. The molecule has 7 heteroatoms. The van der Waals surface area contributed by atoms with Gasteiger partial charge in [0.1, 0.15) is 5.69 Å². The highest BCUT2D eigenvalue weighted by molar-refractivity contribution is 6.05. The van der Waals surface area contributed by atoms with Gasteiger partial charge in [-0.1, -0.05) is 6.08 Å². The van der Waals surface area contributed by atoms with Crippen LogP contribution < -0.4 is 0 Å². The molecule has 2 aliphatic rings. The predicted molar refractivity (Wildman–Crippen MR) is 81.7 cm³/mol. The lowest BCUT2D eigenvalue weighted by atomic mass is 10.1. The fourth-order valence-corrected chi connectivity index (χ4v) is 2.81. The molecule has 0 fully saturated rings. The lowest BCUT2D eigenvalue weighted by molar-refractivity contribution is -0.114. The number of carbonyl (C=O) groups excluding carboxylic acids is 1. The molecule has 0 unspecified atom stereocenters. The average molecular weight is 310 g/mol. The Morgan fingerprint density at radius 2 is 2.09 bits per heavy atom. The molecule has 7 nitrogen and oxygen atoms in total. The highest BCUT2D eigenvalue weighted by atomic mass is 16.5. The number of fused-ring (bicyclic) bond motifs is 2. The van der Waals surface area contributed by atoms with Gasteiger partial charge in [-0.05, 0) is 43.1 Å². The van der Waals surface area contributed by atoms with Crippen molar-refractivity contribution in [2.45, 2.75) is 19.3 Å². The van der Waals surface area contributed by atoms with E-state index >= 15 is 0 Å². The highest BCUT2D eigenvalue weighted by Gasteiger charge is 2.20. The van der Waals surface area contributed by atoms with E-state index in [1.165, 1.54) is 17.7 Å². The quantitative estimate of drug-likeness (QED) is 0.901. The Morgan fingerprint density at radius 3 is 2.91 bits per heavy atom. The number of ketones is 1. The Kier molecular flexibility index (Phi) is 3.00. The number of nitrogens with zero attached hydrogens (tertiary/aromatic N) is 4. The second-order valence-electron chi connectivity index (χ2n) is 5.45. The minimum absolute atomic E-state index is 0.140. The Labute approximate surface area is 131 Å². The van der Waals surface area contributed by atoms with Gasteiger partial charge in [-0.3, -0.25) is 4.79 Å². The molecule has 2 heterocycles. The van der Waals surface area contributed by atoms with Crippen molar-refractivity contribution in [1.82, 2.24) is 19.6 Å². The molecule has 0 aliphatic heterocycles. The molecule has 4 rings (SSSR count). The molecule has 2 aromatic heterocycles. The van der Waals surface area contributed by atoms with Crippen molar-refractivity contribution in [3.05, 3.63) is 46.6 Å². The lowest BCUT2D eigenvalue weighted by Crippen LogP contribution is -2.05. The average Bonchev–Trinajstić information content (AvgIpc) is 3.11. The Bertz CT molecular complexity index is 921. The molecule has 0 aromatic carbocycles.